The molecule has 2 N–H and O–H groups in total. The quantitative estimate of drug-likeness (QED) is 0.708. The highest BCUT2D eigenvalue weighted by atomic mass is 16.6. The normalized spacial score (nSPS) is 28.7. The number of hydrogen-bond donors (Lipinski definition) is 2. The third-order valence-electron chi connectivity index (χ3n) is 7.86. The summed E-state index contributed by atoms with van der Waals surface area (Å²) in [7, 11) is 0. The molecule has 2 bridgehead atoms. The molecule has 2 amide bonds. The largest absolute Gasteiger partial charge is 0.479 e. The summed E-state index contributed by atoms with van der Waals surface area (Å²) < 4.78 is 11.3. The third-order valence-corrected chi connectivity index (χ3v) is 7.86. The number of nitrogens with one attached hydrogen (secondary N) is 1. The number of carboxylic acids is 1. The predicted octanol–water partition coefficient (Wildman–Crippen LogP) is 2.76. The Balaban J connectivity index is 1.11. The average Bonchev–Trinajstić information content (AvgIpc) is 3.57. The van der Waals surface area contributed by atoms with Gasteiger partial charge in [0, 0.05) is 19.1 Å². The van der Waals surface area contributed by atoms with E-state index < -0.39 is 29.7 Å². The second kappa shape index (κ2) is 7.84. The molecule has 176 valence electrons. The highest BCUT2D eigenvalue weighted by Gasteiger charge is 2.64. The summed E-state index contributed by atoms with van der Waals surface area (Å²) >= 11 is 0. The molecule has 34 heavy (non-hydrogen) atoms. The maximum absolute atomic E-state index is 13.2. The van der Waals surface area contributed by atoms with Gasteiger partial charge in [0.25, 0.3) is 5.91 Å². The van der Waals surface area contributed by atoms with E-state index in [4.69, 9.17) is 9.47 Å². The van der Waals surface area contributed by atoms with Crippen molar-refractivity contribution in [2.45, 2.75) is 42.9 Å². The Kier molecular flexibility index (Phi) is 4.88. The molecule has 2 atom stereocenters. The second-order valence-electron chi connectivity index (χ2n) is 9.72. The van der Waals surface area contributed by atoms with Gasteiger partial charge in [0.05, 0.1) is 6.04 Å². The zero-order valence-electron chi connectivity index (χ0n) is 18.6. The Morgan fingerprint density at radius 2 is 1.71 bits per heavy atom. The molecule has 2 aliphatic carbocycles. The number of carbonyl (C=O) groups excluding carboxylic acids is 2. The molecule has 5 aliphatic rings. The maximum Gasteiger partial charge on any atom is 0.407 e. The number of aliphatic carboxylic acids is 1. The molecule has 3 aliphatic heterocycles. The predicted molar refractivity (Wildman–Crippen MR) is 121 cm³/mol. The van der Waals surface area contributed by atoms with E-state index in [0.29, 0.717) is 32.4 Å². The lowest BCUT2D eigenvalue weighted by Crippen LogP contribution is -2.58. The number of carbonyl (C=O) groups is 3. The molecule has 0 unspecified atom stereocenters. The molecule has 4 fully saturated rings. The molecule has 8 heteroatoms. The van der Waals surface area contributed by atoms with Crippen molar-refractivity contribution in [1.82, 2.24) is 10.2 Å². The van der Waals surface area contributed by atoms with Crippen LogP contribution in [0.1, 0.15) is 36.3 Å². The van der Waals surface area contributed by atoms with Gasteiger partial charge in [-0.05, 0) is 47.4 Å². The number of nitrogens with zero attached hydrogens (tertiary/aromatic N) is 1. The number of ether oxygens (including phenoxy) is 2. The molecule has 0 radical (unpaired) electrons. The first-order valence-corrected chi connectivity index (χ1v) is 11.8. The summed E-state index contributed by atoms with van der Waals surface area (Å²) in [5.74, 6) is -1.14. The van der Waals surface area contributed by atoms with Crippen molar-refractivity contribution < 1.29 is 29.0 Å². The molecule has 8 nitrogen and oxygen atoms in total. The fraction of sp³-hybridized carbons (Fsp3) is 0.423. The fourth-order valence-electron chi connectivity index (χ4n) is 6.19. The summed E-state index contributed by atoms with van der Waals surface area (Å²) in [5.41, 5.74) is 3.44. The number of rotatable bonds is 5. The molecular formula is C26H26N2O6. The van der Waals surface area contributed by atoms with Crippen LogP contribution in [0.4, 0.5) is 4.79 Å². The van der Waals surface area contributed by atoms with Gasteiger partial charge in [0.2, 0.25) is 0 Å². The molecular weight excluding hydrogens is 436 g/mol. The van der Waals surface area contributed by atoms with E-state index in [9.17, 15) is 19.5 Å². The first-order valence-electron chi connectivity index (χ1n) is 11.8. The van der Waals surface area contributed by atoms with Crippen molar-refractivity contribution in [2.24, 2.45) is 5.92 Å². The molecule has 3 heterocycles. The van der Waals surface area contributed by atoms with Crippen LogP contribution >= 0.6 is 0 Å². The van der Waals surface area contributed by atoms with Crippen LogP contribution in [-0.4, -0.2) is 65.4 Å². The molecule has 0 spiro atoms. The minimum Gasteiger partial charge on any atom is -0.479 e. The number of benzene rings is 2. The fourth-order valence-corrected chi connectivity index (χ4v) is 6.19. The van der Waals surface area contributed by atoms with Gasteiger partial charge in [-0.2, -0.15) is 0 Å². The van der Waals surface area contributed by atoms with E-state index in [2.05, 4.69) is 29.6 Å². The van der Waals surface area contributed by atoms with Crippen molar-refractivity contribution in [2.75, 3.05) is 19.8 Å². The van der Waals surface area contributed by atoms with Crippen molar-refractivity contribution in [3.05, 3.63) is 59.7 Å². The zero-order valence-corrected chi connectivity index (χ0v) is 18.6. The van der Waals surface area contributed by atoms with Crippen LogP contribution in [0.15, 0.2) is 48.5 Å². The molecule has 3 saturated heterocycles. The lowest BCUT2D eigenvalue weighted by Gasteiger charge is -2.38. The first kappa shape index (κ1) is 21.2. The van der Waals surface area contributed by atoms with Gasteiger partial charge in [0.15, 0.2) is 6.10 Å². The minimum atomic E-state index is -1.11. The number of amides is 2. The summed E-state index contributed by atoms with van der Waals surface area (Å²) in [4.78, 5) is 39.1. The van der Waals surface area contributed by atoms with Gasteiger partial charge in [-0.1, -0.05) is 48.5 Å². The van der Waals surface area contributed by atoms with Gasteiger partial charge in [-0.15, -0.1) is 0 Å². The highest BCUT2D eigenvalue weighted by molar-refractivity contribution is 5.92. The van der Waals surface area contributed by atoms with Crippen LogP contribution < -0.4 is 5.32 Å². The highest BCUT2D eigenvalue weighted by Crippen LogP contribution is 2.51. The van der Waals surface area contributed by atoms with Crippen LogP contribution in [0, 0.1) is 5.92 Å². The number of carboxylic acid groups (broad SMARTS) is 1. The van der Waals surface area contributed by atoms with E-state index in [1.165, 1.54) is 4.90 Å². The van der Waals surface area contributed by atoms with Gasteiger partial charge in [-0.3, -0.25) is 4.79 Å². The van der Waals surface area contributed by atoms with Crippen LogP contribution in [0.25, 0.3) is 11.1 Å². The second-order valence-corrected chi connectivity index (χ2v) is 9.72. The number of fused-ring (bicyclic) bond motifs is 4. The van der Waals surface area contributed by atoms with Crippen molar-refractivity contribution in [3.8, 4) is 11.1 Å². The summed E-state index contributed by atoms with van der Waals surface area (Å²) in [6.45, 7) is 0.937. The Hall–Kier alpha value is -3.39. The SMILES string of the molecule is O=C(N[C@@H]1CCO[C@@H]1C(=O)N1CC2CC1(C(=O)O)C2)OCC1c2ccccc2-c2ccccc21. The first-order chi connectivity index (χ1) is 16.5. The Bertz CT molecular complexity index is 1130. The molecule has 7 rings (SSSR count). The van der Waals surface area contributed by atoms with Crippen molar-refractivity contribution >= 4 is 18.0 Å². The molecule has 0 aromatic heterocycles. The maximum atomic E-state index is 13.2. The lowest BCUT2D eigenvalue weighted by atomic mass is 9.73. The molecule has 2 aromatic rings. The number of alkyl carbamates (subject to hydrolysis) is 1. The zero-order chi connectivity index (χ0) is 23.4. The summed E-state index contributed by atoms with van der Waals surface area (Å²) in [5, 5.41) is 12.5. The minimum absolute atomic E-state index is 0.0535. The van der Waals surface area contributed by atoms with Gasteiger partial charge >= 0.3 is 12.1 Å². The Morgan fingerprint density at radius 1 is 1.06 bits per heavy atom. The lowest BCUT2D eigenvalue weighted by molar-refractivity contribution is -0.162. The van der Waals surface area contributed by atoms with E-state index in [1.807, 2.05) is 24.3 Å². The molecule has 1 saturated carbocycles. The van der Waals surface area contributed by atoms with Gasteiger partial charge in [0.1, 0.15) is 12.1 Å². The van der Waals surface area contributed by atoms with Crippen LogP contribution in [0.3, 0.4) is 0 Å². The standard InChI is InChI=1S/C26H26N2O6/c29-23(28-13-15-11-26(28,12-15)24(30)31)22-21(9-10-33-22)27-25(32)34-14-20-18-7-3-1-5-16(18)17-6-2-4-8-19(17)20/h1-8,15,20-22H,9-14H2,(H,27,32)(H,30,31)/t15?,21-,22+,26?/m1/s1. The third kappa shape index (κ3) is 3.12. The van der Waals surface area contributed by atoms with E-state index >= 15 is 0 Å². The Labute approximate surface area is 196 Å². The van der Waals surface area contributed by atoms with Gasteiger partial charge in [-0.25, -0.2) is 9.59 Å². The van der Waals surface area contributed by atoms with E-state index in [1.54, 1.807) is 0 Å². The average molecular weight is 463 g/mol. The van der Waals surface area contributed by atoms with Crippen molar-refractivity contribution in [1.29, 1.82) is 0 Å². The van der Waals surface area contributed by atoms with Crippen LogP contribution in [-0.2, 0) is 19.1 Å². The van der Waals surface area contributed by atoms with Crippen LogP contribution in [0.2, 0.25) is 0 Å². The number of hydrogen-bond acceptors (Lipinski definition) is 5. The summed E-state index contributed by atoms with van der Waals surface area (Å²) in [6, 6.07) is 15.7. The van der Waals surface area contributed by atoms with Gasteiger partial charge < -0.3 is 24.8 Å². The Morgan fingerprint density at radius 3 is 2.35 bits per heavy atom. The monoisotopic (exact) mass is 462 g/mol. The van der Waals surface area contributed by atoms with E-state index in [0.717, 1.165) is 22.3 Å². The van der Waals surface area contributed by atoms with E-state index in [-0.39, 0.29) is 24.3 Å². The topological polar surface area (TPSA) is 105 Å². The smallest absolute Gasteiger partial charge is 0.407 e. The van der Waals surface area contributed by atoms with Crippen molar-refractivity contribution in [3.63, 3.8) is 0 Å². The van der Waals surface area contributed by atoms with Crippen LogP contribution in [0.5, 0.6) is 0 Å². The molecule has 2 aromatic carbocycles. The summed E-state index contributed by atoms with van der Waals surface area (Å²) in [6.07, 6.45) is -0.0426.